The van der Waals surface area contributed by atoms with Gasteiger partial charge in [0.2, 0.25) is 0 Å². The summed E-state index contributed by atoms with van der Waals surface area (Å²) >= 11 is 0. The molecule has 116 valence electrons. The van der Waals surface area contributed by atoms with Gasteiger partial charge in [0, 0.05) is 31.7 Å². The van der Waals surface area contributed by atoms with Gasteiger partial charge in [-0.3, -0.25) is 9.97 Å². The highest BCUT2D eigenvalue weighted by Crippen LogP contribution is 2.19. The molecule has 3 heterocycles. The Morgan fingerprint density at radius 1 is 1.14 bits per heavy atom. The summed E-state index contributed by atoms with van der Waals surface area (Å²) in [5, 5.41) is 0. The van der Waals surface area contributed by atoms with Crippen molar-refractivity contribution in [3.8, 4) is 5.75 Å². The quantitative estimate of drug-likeness (QED) is 0.868. The number of likely N-dealkylation sites (tertiary alicyclic amines) is 1. The van der Waals surface area contributed by atoms with E-state index in [1.54, 1.807) is 18.6 Å². The first-order valence-corrected chi connectivity index (χ1v) is 7.18. The summed E-state index contributed by atoms with van der Waals surface area (Å²) in [5.41, 5.74) is 2.16. The van der Waals surface area contributed by atoms with Crippen molar-refractivity contribution in [2.45, 2.75) is 12.5 Å². The first-order valence-electron chi connectivity index (χ1n) is 7.18. The van der Waals surface area contributed by atoms with Gasteiger partial charge < -0.3 is 9.64 Å². The summed E-state index contributed by atoms with van der Waals surface area (Å²) in [6, 6.07) is 5.97. The van der Waals surface area contributed by atoms with Crippen LogP contribution in [0, 0.1) is 0 Å². The minimum Gasteiger partial charge on any atom is -0.487 e. The molecule has 5 heteroatoms. The van der Waals surface area contributed by atoms with Crippen molar-refractivity contribution in [1.82, 2.24) is 14.9 Å². The lowest BCUT2D eigenvalue weighted by atomic mass is 10.2. The fourth-order valence-electron chi connectivity index (χ4n) is 2.44. The number of ether oxygens (including phenoxy) is 1. The zero-order valence-electron chi connectivity index (χ0n) is 12.6. The number of nitrogens with zero attached hydrogens (tertiary/aromatic N) is 3. The first-order chi connectivity index (χ1) is 10.3. The van der Waals surface area contributed by atoms with Gasteiger partial charge in [0.1, 0.15) is 11.9 Å². The second-order valence-corrected chi connectivity index (χ2v) is 5.36. The van der Waals surface area contributed by atoms with E-state index in [0.29, 0.717) is 0 Å². The maximum absolute atomic E-state index is 5.99. The summed E-state index contributed by atoms with van der Waals surface area (Å²) in [4.78, 5) is 10.5. The number of halogens is 1. The van der Waals surface area contributed by atoms with Crippen LogP contribution in [0.4, 0.5) is 0 Å². The lowest BCUT2D eigenvalue weighted by Gasteiger charge is -2.13. The number of hydrogen-bond donors (Lipinski definition) is 0. The Hall–Kier alpha value is -1.91. The van der Waals surface area contributed by atoms with Gasteiger partial charge in [-0.05, 0) is 42.8 Å². The lowest BCUT2D eigenvalue weighted by Crippen LogP contribution is -2.21. The molecule has 2 aromatic rings. The maximum Gasteiger partial charge on any atom is 0.138 e. The van der Waals surface area contributed by atoms with Crippen LogP contribution in [0.5, 0.6) is 5.75 Å². The Morgan fingerprint density at radius 2 is 1.91 bits per heavy atom. The second-order valence-electron chi connectivity index (χ2n) is 5.36. The molecule has 0 bridgehead atoms. The molecule has 1 fully saturated rings. The van der Waals surface area contributed by atoms with Crippen molar-refractivity contribution in [1.29, 1.82) is 0 Å². The van der Waals surface area contributed by atoms with E-state index >= 15 is 0 Å². The number of hydrogen-bond acceptors (Lipinski definition) is 4. The van der Waals surface area contributed by atoms with Crippen molar-refractivity contribution in [3.05, 3.63) is 54.1 Å². The van der Waals surface area contributed by atoms with Crippen LogP contribution in [0.25, 0.3) is 12.2 Å². The van der Waals surface area contributed by atoms with Gasteiger partial charge in [-0.25, -0.2) is 0 Å². The Morgan fingerprint density at radius 3 is 2.64 bits per heavy atom. The van der Waals surface area contributed by atoms with Crippen LogP contribution in [0.2, 0.25) is 0 Å². The number of likely N-dealkylation sites (N-methyl/N-ethyl adjacent to an activating group) is 1. The van der Waals surface area contributed by atoms with E-state index in [1.807, 2.05) is 36.5 Å². The number of aromatic nitrogens is 2. The Kier molecular flexibility index (Phi) is 5.92. The minimum atomic E-state index is 0. The molecule has 4 nitrogen and oxygen atoms in total. The van der Waals surface area contributed by atoms with Gasteiger partial charge in [-0.2, -0.15) is 0 Å². The normalized spacial score (nSPS) is 18.3. The van der Waals surface area contributed by atoms with E-state index in [9.17, 15) is 0 Å². The molecule has 3 rings (SSSR count). The highest BCUT2D eigenvalue weighted by molar-refractivity contribution is 5.85. The number of pyridine rings is 2. The lowest BCUT2D eigenvalue weighted by molar-refractivity contribution is 0.207. The largest absolute Gasteiger partial charge is 0.487 e. The topological polar surface area (TPSA) is 38.2 Å². The summed E-state index contributed by atoms with van der Waals surface area (Å²) in [6.45, 7) is 2.08. The van der Waals surface area contributed by atoms with Crippen LogP contribution < -0.4 is 4.74 Å². The molecule has 0 unspecified atom stereocenters. The maximum atomic E-state index is 5.99. The van der Waals surface area contributed by atoms with Gasteiger partial charge in [0.25, 0.3) is 0 Å². The van der Waals surface area contributed by atoms with Crippen molar-refractivity contribution in [2.75, 3.05) is 20.1 Å². The van der Waals surface area contributed by atoms with E-state index in [4.69, 9.17) is 4.74 Å². The molecule has 22 heavy (non-hydrogen) atoms. The number of rotatable bonds is 4. The second kappa shape index (κ2) is 7.92. The summed E-state index contributed by atoms with van der Waals surface area (Å²) in [5.74, 6) is 0.840. The van der Waals surface area contributed by atoms with E-state index < -0.39 is 0 Å². The van der Waals surface area contributed by atoms with Crippen LogP contribution in [0.3, 0.4) is 0 Å². The van der Waals surface area contributed by atoms with Gasteiger partial charge in [-0.1, -0.05) is 12.2 Å². The predicted molar refractivity (Wildman–Crippen MR) is 91.2 cm³/mol. The third-order valence-corrected chi connectivity index (χ3v) is 3.56. The van der Waals surface area contributed by atoms with E-state index in [0.717, 1.165) is 36.4 Å². The molecular formula is C17H20ClN3O. The van der Waals surface area contributed by atoms with Crippen molar-refractivity contribution >= 4 is 24.6 Å². The van der Waals surface area contributed by atoms with Gasteiger partial charge in [-0.15, -0.1) is 12.4 Å². The first kappa shape index (κ1) is 16.5. The molecule has 0 amide bonds. The molecule has 0 radical (unpaired) electrons. The fraction of sp³-hybridized carbons (Fsp3) is 0.294. The van der Waals surface area contributed by atoms with Crippen LogP contribution in [0.15, 0.2) is 43.0 Å². The van der Waals surface area contributed by atoms with E-state index in [1.165, 1.54) is 0 Å². The molecule has 1 aliphatic heterocycles. The van der Waals surface area contributed by atoms with E-state index in [-0.39, 0.29) is 18.5 Å². The Bertz CT molecular complexity index is 618. The van der Waals surface area contributed by atoms with Crippen LogP contribution in [-0.2, 0) is 0 Å². The van der Waals surface area contributed by atoms with Gasteiger partial charge in [0.15, 0.2) is 0 Å². The zero-order valence-corrected chi connectivity index (χ0v) is 13.4. The summed E-state index contributed by atoms with van der Waals surface area (Å²) in [6.07, 6.45) is 12.6. The fourth-order valence-corrected chi connectivity index (χ4v) is 2.44. The van der Waals surface area contributed by atoms with Crippen LogP contribution in [-0.4, -0.2) is 41.1 Å². The molecular weight excluding hydrogens is 298 g/mol. The molecule has 2 aromatic heterocycles. The standard InChI is InChI=1S/C17H19N3O.ClH/c1-20-9-6-16(13-20)21-17-10-15(11-19-12-17)3-2-14-4-7-18-8-5-14;/h2-5,7-8,10-12,16H,6,9,13H2,1H3;1H/t16-;/m1./s1. The van der Waals surface area contributed by atoms with Gasteiger partial charge >= 0.3 is 0 Å². The highest BCUT2D eigenvalue weighted by atomic mass is 35.5. The summed E-state index contributed by atoms with van der Waals surface area (Å²) < 4.78 is 5.99. The summed E-state index contributed by atoms with van der Waals surface area (Å²) in [7, 11) is 2.12. The third-order valence-electron chi connectivity index (χ3n) is 3.56. The molecule has 1 aliphatic rings. The third kappa shape index (κ3) is 4.55. The van der Waals surface area contributed by atoms with Gasteiger partial charge in [0.05, 0.1) is 6.20 Å². The monoisotopic (exact) mass is 317 g/mol. The average Bonchev–Trinajstić information content (AvgIpc) is 2.92. The molecule has 1 atom stereocenters. The predicted octanol–water partition coefficient (Wildman–Crippen LogP) is 3.15. The van der Waals surface area contributed by atoms with Crippen LogP contribution in [0.1, 0.15) is 17.5 Å². The minimum absolute atomic E-state index is 0. The Labute approximate surface area is 137 Å². The van der Waals surface area contributed by atoms with Crippen molar-refractivity contribution in [3.63, 3.8) is 0 Å². The van der Waals surface area contributed by atoms with E-state index in [2.05, 4.69) is 21.9 Å². The van der Waals surface area contributed by atoms with Crippen LogP contribution >= 0.6 is 12.4 Å². The average molecular weight is 318 g/mol. The molecule has 1 saturated heterocycles. The highest BCUT2D eigenvalue weighted by Gasteiger charge is 2.20. The molecule has 0 aliphatic carbocycles. The van der Waals surface area contributed by atoms with Crippen molar-refractivity contribution < 1.29 is 4.74 Å². The molecule has 0 saturated carbocycles. The zero-order chi connectivity index (χ0) is 14.5. The SMILES string of the molecule is CN1CC[C@@H](Oc2cncc(C=Cc3ccncc3)c2)C1.Cl. The molecule has 0 aromatic carbocycles. The molecule has 0 spiro atoms. The molecule has 0 N–H and O–H groups in total. The van der Waals surface area contributed by atoms with Crippen molar-refractivity contribution in [2.24, 2.45) is 0 Å². The smallest absolute Gasteiger partial charge is 0.138 e. The Balaban J connectivity index is 0.00000176.